The highest BCUT2D eigenvalue weighted by atomic mass is 16.5. The van der Waals surface area contributed by atoms with Gasteiger partial charge in [0.2, 0.25) is 11.7 Å². The van der Waals surface area contributed by atoms with Gasteiger partial charge in [0.1, 0.15) is 11.5 Å². The van der Waals surface area contributed by atoms with Gasteiger partial charge in [0.15, 0.2) is 11.5 Å². The van der Waals surface area contributed by atoms with Gasteiger partial charge in [-0.05, 0) is 31.9 Å². The largest absolute Gasteiger partial charge is 0.493 e. The molecule has 9 nitrogen and oxygen atoms in total. The number of rotatable bonds is 12. The molecule has 2 aromatic rings. The summed E-state index contributed by atoms with van der Waals surface area (Å²) in [5.74, 6) is 2.80. The van der Waals surface area contributed by atoms with Crippen molar-refractivity contribution < 1.29 is 33.2 Å². The lowest BCUT2D eigenvalue weighted by molar-refractivity contribution is -0.116. The number of carbonyl (C=O) groups excluding carboxylic acids is 1. The second-order valence-electron chi connectivity index (χ2n) is 7.82. The van der Waals surface area contributed by atoms with Crippen LogP contribution in [0.25, 0.3) is 0 Å². The highest BCUT2D eigenvalue weighted by molar-refractivity contribution is 5.93. The van der Waals surface area contributed by atoms with Crippen molar-refractivity contribution in [3.05, 3.63) is 29.8 Å². The Balaban J connectivity index is 1.80. The van der Waals surface area contributed by atoms with Gasteiger partial charge < -0.3 is 38.6 Å². The number of aryl methyl sites for hydroxylation is 1. The molecule has 1 aliphatic heterocycles. The minimum absolute atomic E-state index is 0.149. The molecule has 1 heterocycles. The number of amides is 1. The van der Waals surface area contributed by atoms with Crippen LogP contribution in [0.3, 0.4) is 0 Å². The van der Waals surface area contributed by atoms with Crippen LogP contribution in [0.5, 0.6) is 28.7 Å². The van der Waals surface area contributed by atoms with E-state index in [0.29, 0.717) is 67.3 Å². The number of morpholine rings is 1. The molecule has 0 spiro atoms. The SMILES string of the molecule is CCOc1cc(N2CCOCC2)c(OCC)cc1NC(=O)CCc1ccc(OC)c(OC)c1OC. The number of hydrogen-bond donors (Lipinski definition) is 1. The molecule has 2 aromatic carbocycles. The van der Waals surface area contributed by atoms with Crippen LogP contribution < -0.4 is 33.9 Å². The fourth-order valence-electron chi connectivity index (χ4n) is 4.07. The Bertz CT molecular complexity index is 990. The lowest BCUT2D eigenvalue weighted by Gasteiger charge is -2.31. The van der Waals surface area contributed by atoms with E-state index in [1.54, 1.807) is 27.4 Å². The highest BCUT2D eigenvalue weighted by Crippen LogP contribution is 2.41. The van der Waals surface area contributed by atoms with Crippen molar-refractivity contribution >= 4 is 17.3 Å². The maximum absolute atomic E-state index is 12.9. The van der Waals surface area contributed by atoms with E-state index in [2.05, 4.69) is 10.2 Å². The van der Waals surface area contributed by atoms with Gasteiger partial charge in [-0.3, -0.25) is 4.79 Å². The molecule has 1 fully saturated rings. The third-order valence-corrected chi connectivity index (χ3v) is 5.69. The molecule has 0 unspecified atom stereocenters. The predicted octanol–water partition coefficient (Wildman–Crippen LogP) is 3.92. The Morgan fingerprint density at radius 3 is 2.23 bits per heavy atom. The maximum atomic E-state index is 12.9. The van der Waals surface area contributed by atoms with Crippen molar-refractivity contribution in [3.8, 4) is 28.7 Å². The zero-order valence-electron chi connectivity index (χ0n) is 21.3. The monoisotopic (exact) mass is 488 g/mol. The Morgan fingerprint density at radius 1 is 0.914 bits per heavy atom. The average molecular weight is 489 g/mol. The Labute approximate surface area is 207 Å². The third-order valence-electron chi connectivity index (χ3n) is 5.69. The zero-order valence-corrected chi connectivity index (χ0v) is 21.3. The lowest BCUT2D eigenvalue weighted by atomic mass is 10.1. The van der Waals surface area contributed by atoms with Gasteiger partial charge in [-0.1, -0.05) is 6.07 Å². The van der Waals surface area contributed by atoms with Crippen LogP contribution in [-0.4, -0.2) is 66.8 Å². The van der Waals surface area contributed by atoms with Crippen molar-refractivity contribution in [1.82, 2.24) is 0 Å². The minimum Gasteiger partial charge on any atom is -0.493 e. The first-order valence-corrected chi connectivity index (χ1v) is 11.9. The number of ether oxygens (including phenoxy) is 6. The summed E-state index contributed by atoms with van der Waals surface area (Å²) in [6, 6.07) is 7.46. The van der Waals surface area contributed by atoms with E-state index in [0.717, 1.165) is 24.3 Å². The number of carbonyl (C=O) groups is 1. The van der Waals surface area contributed by atoms with E-state index in [1.807, 2.05) is 32.0 Å². The number of hydrogen-bond acceptors (Lipinski definition) is 8. The molecule has 1 aliphatic rings. The summed E-state index contributed by atoms with van der Waals surface area (Å²) in [5, 5.41) is 3.00. The van der Waals surface area contributed by atoms with Crippen molar-refractivity contribution in [2.75, 3.05) is 71.1 Å². The van der Waals surface area contributed by atoms with E-state index >= 15 is 0 Å². The van der Waals surface area contributed by atoms with Crippen LogP contribution >= 0.6 is 0 Å². The minimum atomic E-state index is -0.149. The number of benzene rings is 2. The van der Waals surface area contributed by atoms with Crippen molar-refractivity contribution in [2.45, 2.75) is 26.7 Å². The van der Waals surface area contributed by atoms with Crippen LogP contribution in [0.2, 0.25) is 0 Å². The average Bonchev–Trinajstić information content (AvgIpc) is 2.88. The number of nitrogens with zero attached hydrogens (tertiary/aromatic N) is 1. The van der Waals surface area contributed by atoms with E-state index in [9.17, 15) is 4.79 Å². The fraction of sp³-hybridized carbons (Fsp3) is 0.500. The van der Waals surface area contributed by atoms with Crippen LogP contribution in [0.1, 0.15) is 25.8 Å². The molecule has 0 aromatic heterocycles. The summed E-state index contributed by atoms with van der Waals surface area (Å²) in [6.07, 6.45) is 0.704. The molecule has 1 saturated heterocycles. The van der Waals surface area contributed by atoms with Crippen LogP contribution in [0, 0.1) is 0 Å². The molecular weight excluding hydrogens is 452 g/mol. The van der Waals surface area contributed by atoms with Gasteiger partial charge in [0, 0.05) is 31.6 Å². The summed E-state index contributed by atoms with van der Waals surface area (Å²) in [5.41, 5.74) is 2.37. The van der Waals surface area contributed by atoms with E-state index < -0.39 is 0 Å². The molecule has 9 heteroatoms. The Kier molecular flexibility index (Phi) is 9.72. The second kappa shape index (κ2) is 12.9. The van der Waals surface area contributed by atoms with Crippen LogP contribution in [0.4, 0.5) is 11.4 Å². The van der Waals surface area contributed by atoms with Crippen LogP contribution in [-0.2, 0) is 16.0 Å². The Morgan fingerprint density at radius 2 is 1.60 bits per heavy atom. The standard InChI is InChI=1S/C26H36N2O7/c1-6-34-22-17-20(28-12-14-33-15-13-28)23(35-7-2)16-19(22)27-24(29)11-9-18-8-10-21(30-3)26(32-5)25(18)31-4/h8,10,16-17H,6-7,9,11-15H2,1-5H3,(H,27,29). The molecule has 1 N–H and O–H groups in total. The molecule has 3 rings (SSSR count). The van der Waals surface area contributed by atoms with Gasteiger partial charge in [-0.15, -0.1) is 0 Å². The van der Waals surface area contributed by atoms with E-state index in [4.69, 9.17) is 28.4 Å². The fourth-order valence-corrected chi connectivity index (χ4v) is 4.07. The van der Waals surface area contributed by atoms with Crippen molar-refractivity contribution in [2.24, 2.45) is 0 Å². The highest BCUT2D eigenvalue weighted by Gasteiger charge is 2.21. The zero-order chi connectivity index (χ0) is 25.2. The molecular formula is C26H36N2O7. The van der Waals surface area contributed by atoms with Crippen molar-refractivity contribution in [1.29, 1.82) is 0 Å². The third kappa shape index (κ3) is 6.42. The molecule has 0 radical (unpaired) electrons. The summed E-state index contributed by atoms with van der Waals surface area (Å²) in [7, 11) is 4.70. The smallest absolute Gasteiger partial charge is 0.224 e. The summed E-state index contributed by atoms with van der Waals surface area (Å²) >= 11 is 0. The molecule has 0 atom stereocenters. The summed E-state index contributed by atoms with van der Waals surface area (Å²) in [4.78, 5) is 15.2. The summed E-state index contributed by atoms with van der Waals surface area (Å²) in [6.45, 7) is 7.70. The molecule has 192 valence electrons. The maximum Gasteiger partial charge on any atom is 0.224 e. The first-order chi connectivity index (χ1) is 17.1. The second-order valence-corrected chi connectivity index (χ2v) is 7.82. The lowest BCUT2D eigenvalue weighted by Crippen LogP contribution is -2.36. The van der Waals surface area contributed by atoms with Gasteiger partial charge in [-0.2, -0.15) is 0 Å². The van der Waals surface area contributed by atoms with E-state index in [1.165, 1.54) is 0 Å². The van der Waals surface area contributed by atoms with Gasteiger partial charge in [0.05, 0.1) is 59.1 Å². The van der Waals surface area contributed by atoms with Crippen LogP contribution in [0.15, 0.2) is 24.3 Å². The van der Waals surface area contributed by atoms with Gasteiger partial charge in [-0.25, -0.2) is 0 Å². The molecule has 1 amide bonds. The summed E-state index contributed by atoms with van der Waals surface area (Å²) < 4.78 is 33.6. The number of methoxy groups -OCH3 is 3. The first-order valence-electron chi connectivity index (χ1n) is 11.9. The normalized spacial score (nSPS) is 13.2. The van der Waals surface area contributed by atoms with Crippen molar-refractivity contribution in [3.63, 3.8) is 0 Å². The molecule has 0 bridgehead atoms. The first kappa shape index (κ1) is 26.3. The molecule has 0 aliphatic carbocycles. The van der Waals surface area contributed by atoms with E-state index in [-0.39, 0.29) is 12.3 Å². The van der Waals surface area contributed by atoms with Gasteiger partial charge in [0.25, 0.3) is 0 Å². The quantitative estimate of drug-likeness (QED) is 0.481. The predicted molar refractivity (Wildman–Crippen MR) is 135 cm³/mol. The Hall–Kier alpha value is -3.33. The topological polar surface area (TPSA) is 87.7 Å². The number of anilines is 2. The molecule has 0 saturated carbocycles. The van der Waals surface area contributed by atoms with Gasteiger partial charge >= 0.3 is 0 Å². The molecule has 35 heavy (non-hydrogen) atoms. The number of nitrogens with one attached hydrogen (secondary N) is 1.